The molecule has 1 rings (SSSR count). The van der Waals surface area contributed by atoms with Crippen LogP contribution in [0.15, 0.2) is 18.5 Å². The minimum absolute atomic E-state index is 0.438. The van der Waals surface area contributed by atoms with Crippen molar-refractivity contribution in [2.24, 2.45) is 0 Å². The van der Waals surface area contributed by atoms with Crippen LogP contribution < -0.4 is 0 Å². The molecule has 38 valence electrons. The zero-order valence-electron chi connectivity index (χ0n) is 4.20. The summed E-state index contributed by atoms with van der Waals surface area (Å²) < 4.78 is 0. The Morgan fingerprint density at radius 2 is 2.00 bits per heavy atom. The summed E-state index contributed by atoms with van der Waals surface area (Å²) in [4.78, 5) is 7.50. The normalized spacial score (nSPS) is 7.88. The van der Waals surface area contributed by atoms with Crippen LogP contribution in [-0.4, -0.2) is 9.97 Å². The van der Waals surface area contributed by atoms with Crippen LogP contribution in [0.3, 0.4) is 0 Å². The van der Waals surface area contributed by atoms with Crippen LogP contribution in [0.2, 0.25) is 0 Å². The Bertz CT molecular complexity index is 198. The first-order chi connectivity index (χ1) is 3.93. The molecule has 8 heavy (non-hydrogen) atoms. The highest BCUT2D eigenvalue weighted by Crippen LogP contribution is 1.79. The van der Waals surface area contributed by atoms with E-state index in [-0.39, 0.29) is 0 Å². The van der Waals surface area contributed by atoms with Crippen LogP contribution in [-0.2, 0) is 0 Å². The molecule has 0 spiro atoms. The molecule has 0 aliphatic carbocycles. The Kier molecular flexibility index (Phi) is 1.25. The van der Waals surface area contributed by atoms with Crippen molar-refractivity contribution in [3.05, 3.63) is 24.3 Å². The van der Waals surface area contributed by atoms with E-state index in [1.165, 1.54) is 0 Å². The largest absolute Gasteiger partial charge is 0.229 e. The van der Waals surface area contributed by atoms with Gasteiger partial charge in [0.05, 0.1) is 0 Å². The van der Waals surface area contributed by atoms with Crippen LogP contribution in [0.25, 0.3) is 0 Å². The second kappa shape index (κ2) is 2.08. The maximum atomic E-state index is 4.97. The summed E-state index contributed by atoms with van der Waals surface area (Å²) in [7, 11) is 0. The number of rotatable bonds is 0. The van der Waals surface area contributed by atoms with Crippen LogP contribution in [0.5, 0.6) is 0 Å². The molecule has 1 aromatic heterocycles. The highest BCUT2D eigenvalue weighted by Gasteiger charge is 1.79. The van der Waals surface area contributed by atoms with Gasteiger partial charge in [-0.3, -0.25) is 0 Å². The third kappa shape index (κ3) is 0.824. The van der Waals surface area contributed by atoms with E-state index in [1.807, 2.05) is 0 Å². The molecule has 1 aromatic rings. The molecule has 0 unspecified atom stereocenters. The van der Waals surface area contributed by atoms with E-state index >= 15 is 0 Å². The van der Waals surface area contributed by atoms with Gasteiger partial charge in [0.1, 0.15) is 0 Å². The van der Waals surface area contributed by atoms with Gasteiger partial charge in [-0.05, 0) is 12.0 Å². The highest BCUT2D eigenvalue weighted by molar-refractivity contribution is 5.13. The first-order valence-electron chi connectivity index (χ1n) is 2.17. The van der Waals surface area contributed by atoms with Gasteiger partial charge in [0.15, 0.2) is 0 Å². The molecule has 2 heteroatoms. The van der Waals surface area contributed by atoms with Gasteiger partial charge in [0, 0.05) is 12.4 Å². The summed E-state index contributed by atoms with van der Waals surface area (Å²) in [6.07, 6.45) is 8.20. The molecule has 0 radical (unpaired) electrons. The van der Waals surface area contributed by atoms with Crippen molar-refractivity contribution in [3.63, 3.8) is 0 Å². The smallest absolute Gasteiger partial charge is 0.204 e. The van der Waals surface area contributed by atoms with E-state index in [1.54, 1.807) is 18.5 Å². The molecule has 0 aliphatic heterocycles. The topological polar surface area (TPSA) is 25.8 Å². The number of hydrogen-bond donors (Lipinski definition) is 0. The van der Waals surface area contributed by atoms with E-state index in [0.29, 0.717) is 5.82 Å². The maximum absolute atomic E-state index is 4.97. The lowest BCUT2D eigenvalue weighted by Crippen LogP contribution is -1.82. The zero-order chi connectivity index (χ0) is 5.82. The van der Waals surface area contributed by atoms with Gasteiger partial charge >= 0.3 is 0 Å². The van der Waals surface area contributed by atoms with Crippen molar-refractivity contribution >= 4 is 0 Å². The van der Waals surface area contributed by atoms with Crippen LogP contribution in [0.4, 0.5) is 0 Å². The van der Waals surface area contributed by atoms with E-state index in [0.717, 1.165) is 0 Å². The number of hydrogen-bond acceptors (Lipinski definition) is 2. The van der Waals surface area contributed by atoms with Crippen molar-refractivity contribution in [2.45, 2.75) is 0 Å². The third-order valence-electron chi connectivity index (χ3n) is 0.695. The molecule has 0 aliphatic rings. The van der Waals surface area contributed by atoms with Crippen LogP contribution >= 0.6 is 0 Å². The van der Waals surface area contributed by atoms with Crippen molar-refractivity contribution in [1.82, 2.24) is 9.97 Å². The summed E-state index contributed by atoms with van der Waals surface area (Å²) in [6.45, 7) is 0. The summed E-state index contributed by atoms with van der Waals surface area (Å²) in [5.74, 6) is 2.74. The average molecular weight is 104 g/mol. The molecule has 1 heterocycles. The lowest BCUT2D eigenvalue weighted by molar-refractivity contribution is 1.13. The Morgan fingerprint density at radius 1 is 1.38 bits per heavy atom. The van der Waals surface area contributed by atoms with Gasteiger partial charge in [-0.2, -0.15) is 0 Å². The lowest BCUT2D eigenvalue weighted by Gasteiger charge is -1.81. The van der Waals surface area contributed by atoms with E-state index in [4.69, 9.17) is 6.42 Å². The minimum Gasteiger partial charge on any atom is -0.229 e. The van der Waals surface area contributed by atoms with Crippen molar-refractivity contribution < 1.29 is 0 Å². The summed E-state index contributed by atoms with van der Waals surface area (Å²) in [5.41, 5.74) is 0. The van der Waals surface area contributed by atoms with E-state index < -0.39 is 0 Å². The molecule has 0 saturated heterocycles. The SMILES string of the molecule is C#Cc1ncccn1. The van der Waals surface area contributed by atoms with Crippen molar-refractivity contribution in [1.29, 1.82) is 0 Å². The van der Waals surface area contributed by atoms with E-state index in [9.17, 15) is 0 Å². The third-order valence-corrected chi connectivity index (χ3v) is 0.695. The molecule has 0 aromatic carbocycles. The van der Waals surface area contributed by atoms with Crippen LogP contribution in [0.1, 0.15) is 5.82 Å². The Morgan fingerprint density at radius 3 is 2.38 bits per heavy atom. The monoisotopic (exact) mass is 104 g/mol. The van der Waals surface area contributed by atoms with Gasteiger partial charge in [-0.1, -0.05) is 0 Å². The molecule has 0 saturated carbocycles. The second-order valence-electron chi connectivity index (χ2n) is 1.22. The predicted octanol–water partition coefficient (Wildman–Crippen LogP) is 0.458. The molecule has 0 amide bonds. The fourth-order valence-corrected chi connectivity index (χ4v) is 0.374. The Labute approximate surface area is 47.6 Å². The average Bonchev–Trinajstić information content (AvgIpc) is 1.90. The summed E-state index contributed by atoms with van der Waals surface area (Å²) in [6, 6.07) is 1.72. The zero-order valence-corrected chi connectivity index (χ0v) is 4.20. The van der Waals surface area contributed by atoms with E-state index in [2.05, 4.69) is 15.9 Å². The van der Waals surface area contributed by atoms with Crippen LogP contribution in [0, 0.1) is 12.3 Å². The molecular formula is C6H4N2. The predicted molar refractivity (Wildman–Crippen MR) is 30.0 cm³/mol. The van der Waals surface area contributed by atoms with Crippen molar-refractivity contribution in [3.8, 4) is 12.3 Å². The molecular weight excluding hydrogens is 100 g/mol. The highest BCUT2D eigenvalue weighted by atomic mass is 14.8. The van der Waals surface area contributed by atoms with Gasteiger partial charge in [-0.25, -0.2) is 9.97 Å². The second-order valence-corrected chi connectivity index (χ2v) is 1.22. The summed E-state index contributed by atoms with van der Waals surface area (Å²) in [5, 5.41) is 0. The molecule has 2 nitrogen and oxygen atoms in total. The first kappa shape index (κ1) is 4.79. The number of nitrogens with zero attached hydrogens (tertiary/aromatic N) is 2. The maximum Gasteiger partial charge on any atom is 0.204 e. The fourth-order valence-electron chi connectivity index (χ4n) is 0.374. The first-order valence-corrected chi connectivity index (χ1v) is 2.17. The Balaban J connectivity index is 3.05. The molecule has 0 bridgehead atoms. The number of aromatic nitrogens is 2. The van der Waals surface area contributed by atoms with Crippen molar-refractivity contribution in [2.75, 3.05) is 0 Å². The van der Waals surface area contributed by atoms with Gasteiger partial charge in [0.25, 0.3) is 0 Å². The lowest BCUT2D eigenvalue weighted by atomic mass is 10.6. The van der Waals surface area contributed by atoms with Gasteiger partial charge in [-0.15, -0.1) is 6.42 Å². The molecule has 0 N–H and O–H groups in total. The number of terminal acetylenes is 1. The minimum atomic E-state index is 0.438. The fraction of sp³-hybridized carbons (Fsp3) is 0. The molecule has 0 atom stereocenters. The molecule has 0 fully saturated rings. The summed E-state index contributed by atoms with van der Waals surface area (Å²) >= 11 is 0. The Hall–Kier alpha value is -1.36. The van der Waals surface area contributed by atoms with Gasteiger partial charge < -0.3 is 0 Å². The van der Waals surface area contributed by atoms with Gasteiger partial charge in [0.2, 0.25) is 5.82 Å². The quantitative estimate of drug-likeness (QED) is 0.447. The standard InChI is InChI=1S/C6H4N2/c1-2-6-7-4-3-5-8-6/h1,3-5H.